The Bertz CT molecular complexity index is 962. The van der Waals surface area contributed by atoms with Crippen molar-refractivity contribution in [3.8, 4) is 0 Å². The minimum absolute atomic E-state index is 0.256. The van der Waals surface area contributed by atoms with E-state index in [1.165, 1.54) is 6.08 Å². The summed E-state index contributed by atoms with van der Waals surface area (Å²) in [5, 5.41) is 0. The van der Waals surface area contributed by atoms with Crippen LogP contribution in [0.15, 0.2) is 60.7 Å². The van der Waals surface area contributed by atoms with E-state index < -0.39 is 28.1 Å². The summed E-state index contributed by atoms with van der Waals surface area (Å²) in [5.41, 5.74) is 1.81. The highest BCUT2D eigenvalue weighted by molar-refractivity contribution is 7.86. The number of ether oxygens (including phenoxy) is 1. The lowest BCUT2D eigenvalue weighted by molar-refractivity contribution is -0.137. The zero-order chi connectivity index (χ0) is 21.4. The molecule has 0 bridgehead atoms. The van der Waals surface area contributed by atoms with E-state index in [0.717, 1.165) is 11.8 Å². The summed E-state index contributed by atoms with van der Waals surface area (Å²) in [6, 6.07) is 15.6. The second kappa shape index (κ2) is 10.1. The third-order valence-corrected chi connectivity index (χ3v) is 4.78. The second-order valence-electron chi connectivity index (χ2n) is 6.47. The molecule has 2 unspecified atom stereocenters. The molecule has 2 rings (SSSR count). The first-order valence-electron chi connectivity index (χ1n) is 9.13. The molecule has 0 amide bonds. The molecule has 6 nitrogen and oxygen atoms in total. The van der Waals surface area contributed by atoms with Gasteiger partial charge in [-0.25, -0.2) is 4.79 Å². The van der Waals surface area contributed by atoms with Crippen LogP contribution in [0.25, 0.3) is 6.08 Å². The Kier molecular flexibility index (Phi) is 7.87. The molecule has 2 aromatic rings. The predicted molar refractivity (Wildman–Crippen MR) is 111 cm³/mol. The van der Waals surface area contributed by atoms with Crippen LogP contribution in [0.3, 0.4) is 0 Å². The molecule has 0 saturated carbocycles. The Morgan fingerprint density at radius 3 is 2.21 bits per heavy atom. The third-order valence-electron chi connectivity index (χ3n) is 4.13. The van der Waals surface area contributed by atoms with Crippen LogP contribution in [0, 0.1) is 0 Å². The average Bonchev–Trinajstić information content (AvgIpc) is 2.66. The molecule has 0 aliphatic heterocycles. The van der Waals surface area contributed by atoms with Crippen molar-refractivity contribution in [2.24, 2.45) is 0 Å². The van der Waals surface area contributed by atoms with Crippen LogP contribution < -0.4 is 0 Å². The molecule has 154 valence electrons. The zero-order valence-electron chi connectivity index (χ0n) is 16.6. The van der Waals surface area contributed by atoms with Crippen LogP contribution in [-0.2, 0) is 23.8 Å². The van der Waals surface area contributed by atoms with Crippen molar-refractivity contribution in [2.45, 2.75) is 25.9 Å². The largest absolute Gasteiger partial charge is 0.463 e. The van der Waals surface area contributed by atoms with Gasteiger partial charge >= 0.3 is 5.97 Å². The van der Waals surface area contributed by atoms with Crippen LogP contribution >= 0.6 is 0 Å². The van der Waals surface area contributed by atoms with E-state index in [0.29, 0.717) is 17.7 Å². The van der Waals surface area contributed by atoms with E-state index in [1.54, 1.807) is 68.5 Å². The molecule has 2 aromatic carbocycles. The molecule has 7 heteroatoms. The van der Waals surface area contributed by atoms with E-state index >= 15 is 0 Å². The molecule has 0 fully saturated rings. The summed E-state index contributed by atoms with van der Waals surface area (Å²) < 4.78 is 33.1. The number of rotatable bonds is 9. The van der Waals surface area contributed by atoms with Gasteiger partial charge in [0.25, 0.3) is 10.1 Å². The lowest BCUT2D eigenvalue weighted by Gasteiger charge is -2.22. The number of Topliss-reactive ketones (excluding diaryl/α,β-unsaturated/α-hetero) is 1. The van der Waals surface area contributed by atoms with E-state index in [-0.39, 0.29) is 5.78 Å². The van der Waals surface area contributed by atoms with Crippen LogP contribution in [0.5, 0.6) is 0 Å². The standard InChI is InChI=1S/C22H24O6S/c1-4-27-20(23)15-12-17-10-13-19(14-11-17)22(24)21(16(2)28-29(3,25)26)18-8-6-5-7-9-18/h5-16,21H,4H2,1-3H3. The maximum Gasteiger partial charge on any atom is 0.330 e. The van der Waals surface area contributed by atoms with Gasteiger partial charge in [0.15, 0.2) is 5.78 Å². The summed E-state index contributed by atoms with van der Waals surface area (Å²) in [6.45, 7) is 3.59. The third kappa shape index (κ3) is 6.96. The van der Waals surface area contributed by atoms with E-state index in [2.05, 4.69) is 0 Å². The summed E-state index contributed by atoms with van der Waals surface area (Å²) in [7, 11) is -3.72. The van der Waals surface area contributed by atoms with Crippen LogP contribution in [0.1, 0.15) is 41.3 Å². The monoisotopic (exact) mass is 416 g/mol. The molecule has 0 saturated heterocycles. The summed E-state index contributed by atoms with van der Waals surface area (Å²) >= 11 is 0. The second-order valence-corrected chi connectivity index (χ2v) is 8.07. The maximum absolute atomic E-state index is 13.2. The molecule has 0 spiro atoms. The van der Waals surface area contributed by atoms with Crippen molar-refractivity contribution in [3.05, 3.63) is 77.4 Å². The number of ketones is 1. The molecule has 0 aromatic heterocycles. The Morgan fingerprint density at radius 2 is 1.66 bits per heavy atom. The van der Waals surface area contributed by atoms with Crippen molar-refractivity contribution >= 4 is 27.9 Å². The minimum atomic E-state index is -3.72. The van der Waals surface area contributed by atoms with Crippen molar-refractivity contribution in [2.75, 3.05) is 12.9 Å². The molecule has 0 radical (unpaired) electrons. The summed E-state index contributed by atoms with van der Waals surface area (Å²) in [5.74, 6) is -1.48. The number of carbonyl (C=O) groups is 2. The fourth-order valence-electron chi connectivity index (χ4n) is 2.92. The molecule has 0 N–H and O–H groups in total. The molecular formula is C22H24O6S. The highest BCUT2D eigenvalue weighted by Gasteiger charge is 2.30. The molecular weight excluding hydrogens is 392 g/mol. The van der Waals surface area contributed by atoms with Gasteiger partial charge in [-0.1, -0.05) is 54.6 Å². The molecule has 29 heavy (non-hydrogen) atoms. The van der Waals surface area contributed by atoms with Crippen LogP contribution in [0.2, 0.25) is 0 Å². The summed E-state index contributed by atoms with van der Waals surface area (Å²) in [6.07, 6.45) is 3.00. The maximum atomic E-state index is 13.2. The SMILES string of the molecule is CCOC(=O)C=Cc1ccc(C(=O)C(c2ccccc2)C(C)OS(C)(=O)=O)cc1. The summed E-state index contributed by atoms with van der Waals surface area (Å²) in [4.78, 5) is 24.6. The van der Waals surface area contributed by atoms with Gasteiger partial charge in [-0.3, -0.25) is 8.98 Å². The van der Waals surface area contributed by atoms with Crippen molar-refractivity contribution in [3.63, 3.8) is 0 Å². The fourth-order valence-corrected chi connectivity index (χ4v) is 3.58. The Balaban J connectivity index is 2.28. The van der Waals surface area contributed by atoms with Gasteiger partial charge in [-0.15, -0.1) is 0 Å². The van der Waals surface area contributed by atoms with Gasteiger partial charge in [0.05, 0.1) is 24.9 Å². The molecule has 0 aliphatic carbocycles. The van der Waals surface area contributed by atoms with E-state index in [9.17, 15) is 18.0 Å². The van der Waals surface area contributed by atoms with Crippen LogP contribution in [-0.4, -0.2) is 39.1 Å². The Morgan fingerprint density at radius 1 is 1.03 bits per heavy atom. The molecule has 0 aliphatic rings. The van der Waals surface area contributed by atoms with Gasteiger partial charge in [-0.05, 0) is 31.1 Å². The number of hydrogen-bond acceptors (Lipinski definition) is 6. The van der Waals surface area contributed by atoms with Gasteiger partial charge in [0, 0.05) is 11.6 Å². The highest BCUT2D eigenvalue weighted by Crippen LogP contribution is 2.27. The van der Waals surface area contributed by atoms with Crippen molar-refractivity contribution < 1.29 is 26.9 Å². The highest BCUT2D eigenvalue weighted by atomic mass is 32.2. The number of esters is 1. The van der Waals surface area contributed by atoms with Gasteiger partial charge in [0.1, 0.15) is 0 Å². The quantitative estimate of drug-likeness (QED) is 0.269. The normalized spacial score (nSPS) is 13.8. The lowest BCUT2D eigenvalue weighted by Crippen LogP contribution is -2.28. The van der Waals surface area contributed by atoms with Crippen molar-refractivity contribution in [1.29, 1.82) is 0 Å². The number of carbonyl (C=O) groups excluding carboxylic acids is 2. The minimum Gasteiger partial charge on any atom is -0.463 e. The molecule has 0 heterocycles. The predicted octanol–water partition coefficient (Wildman–Crippen LogP) is 3.59. The first kappa shape index (κ1) is 22.5. The average molecular weight is 416 g/mol. The topological polar surface area (TPSA) is 86.7 Å². The molecule has 2 atom stereocenters. The van der Waals surface area contributed by atoms with E-state index in [4.69, 9.17) is 8.92 Å². The van der Waals surface area contributed by atoms with Gasteiger partial charge in [-0.2, -0.15) is 8.42 Å². The first-order chi connectivity index (χ1) is 13.7. The smallest absolute Gasteiger partial charge is 0.330 e. The zero-order valence-corrected chi connectivity index (χ0v) is 17.4. The number of hydrogen-bond donors (Lipinski definition) is 0. The fraction of sp³-hybridized carbons (Fsp3) is 0.273. The van der Waals surface area contributed by atoms with Crippen molar-refractivity contribution in [1.82, 2.24) is 0 Å². The van der Waals surface area contributed by atoms with Gasteiger partial charge in [0.2, 0.25) is 0 Å². The Hall–Kier alpha value is -2.77. The number of benzene rings is 2. The Labute approximate surface area is 171 Å². The van der Waals surface area contributed by atoms with Gasteiger partial charge < -0.3 is 4.74 Å². The van der Waals surface area contributed by atoms with E-state index in [1.807, 2.05) is 6.07 Å². The van der Waals surface area contributed by atoms with Crippen LogP contribution in [0.4, 0.5) is 0 Å². The lowest BCUT2D eigenvalue weighted by atomic mass is 9.86. The first-order valence-corrected chi connectivity index (χ1v) is 10.9.